The van der Waals surface area contributed by atoms with Crippen LogP contribution in [0.3, 0.4) is 0 Å². The van der Waals surface area contributed by atoms with Crippen LogP contribution in [0.1, 0.15) is 20.8 Å². The summed E-state index contributed by atoms with van der Waals surface area (Å²) in [5, 5.41) is 0. The molecule has 0 aromatic carbocycles. The van der Waals surface area contributed by atoms with Crippen molar-refractivity contribution in [1.29, 1.82) is 0 Å². The smallest absolute Gasteiger partial charge is 0.233 e. The van der Waals surface area contributed by atoms with E-state index in [1.165, 1.54) is 0 Å². The first kappa shape index (κ1) is 9.04. The Morgan fingerprint density at radius 3 is 2.58 bits per heavy atom. The second kappa shape index (κ2) is 3.13. The summed E-state index contributed by atoms with van der Waals surface area (Å²) in [5.74, 6) is 0.171. The molecule has 12 heavy (non-hydrogen) atoms. The van der Waals surface area contributed by atoms with E-state index in [4.69, 9.17) is 0 Å². The van der Waals surface area contributed by atoms with E-state index < -0.39 is 0 Å². The molecule has 0 aromatic rings. The maximum Gasteiger partial charge on any atom is 0.233 e. The van der Waals surface area contributed by atoms with Crippen LogP contribution in [-0.4, -0.2) is 17.9 Å². The van der Waals surface area contributed by atoms with Crippen LogP contribution in [-0.2, 0) is 4.79 Å². The quantitative estimate of drug-likeness (QED) is 0.537. The van der Waals surface area contributed by atoms with Gasteiger partial charge in [0.25, 0.3) is 0 Å². The van der Waals surface area contributed by atoms with E-state index in [1.807, 2.05) is 40.0 Å². The van der Waals surface area contributed by atoms with Crippen molar-refractivity contribution in [3.05, 3.63) is 23.4 Å². The lowest BCUT2D eigenvalue weighted by Gasteiger charge is -2.18. The van der Waals surface area contributed by atoms with Crippen LogP contribution in [0.2, 0.25) is 0 Å². The van der Waals surface area contributed by atoms with Gasteiger partial charge in [0.1, 0.15) is 0 Å². The average molecular weight is 165 g/mol. The van der Waals surface area contributed by atoms with Crippen LogP contribution in [0.5, 0.6) is 0 Å². The third-order valence-electron chi connectivity index (χ3n) is 2.20. The van der Waals surface area contributed by atoms with E-state index in [0.29, 0.717) is 0 Å². The van der Waals surface area contributed by atoms with Crippen LogP contribution in [0.25, 0.3) is 0 Å². The number of hydrogen-bond acceptors (Lipinski definition) is 1. The molecule has 0 unspecified atom stereocenters. The number of hydrogen-bond donors (Lipinski definition) is 0. The highest BCUT2D eigenvalue weighted by atomic mass is 16.2. The van der Waals surface area contributed by atoms with Crippen molar-refractivity contribution in [1.82, 2.24) is 4.90 Å². The lowest BCUT2D eigenvalue weighted by atomic mass is 10.1. The molecule has 0 N–H and O–H groups in total. The normalized spacial score (nSPS) is 24.8. The van der Waals surface area contributed by atoms with Crippen LogP contribution in [0.15, 0.2) is 23.4 Å². The Morgan fingerprint density at radius 2 is 2.00 bits per heavy atom. The Balaban J connectivity index is 3.03. The summed E-state index contributed by atoms with van der Waals surface area (Å²) in [6, 6.07) is 0. The molecule has 1 atom stereocenters. The number of carbonyl (C=O) groups is 1. The van der Waals surface area contributed by atoms with Crippen molar-refractivity contribution in [2.45, 2.75) is 20.8 Å². The first-order chi connectivity index (χ1) is 5.52. The fraction of sp³-hybridized carbons (Fsp3) is 0.500. The van der Waals surface area contributed by atoms with E-state index in [2.05, 4.69) is 0 Å². The molecule has 1 aliphatic heterocycles. The Labute approximate surface area is 73.6 Å². The lowest BCUT2D eigenvalue weighted by molar-refractivity contribution is -0.130. The molecule has 1 heterocycles. The Bertz CT molecular complexity index is 263. The van der Waals surface area contributed by atoms with Gasteiger partial charge in [0.15, 0.2) is 0 Å². The third-order valence-corrected chi connectivity index (χ3v) is 2.20. The molecule has 0 radical (unpaired) electrons. The molecule has 0 aliphatic carbocycles. The number of amides is 1. The van der Waals surface area contributed by atoms with Crippen molar-refractivity contribution >= 4 is 5.91 Å². The summed E-state index contributed by atoms with van der Waals surface area (Å²) in [6.45, 7) is 5.90. The monoisotopic (exact) mass is 165 g/mol. The van der Waals surface area contributed by atoms with Gasteiger partial charge in [-0.2, -0.15) is 0 Å². The molecule has 0 aromatic heterocycles. The van der Waals surface area contributed by atoms with Crippen molar-refractivity contribution in [2.75, 3.05) is 7.05 Å². The van der Waals surface area contributed by atoms with E-state index in [-0.39, 0.29) is 11.8 Å². The topological polar surface area (TPSA) is 20.3 Å². The van der Waals surface area contributed by atoms with Gasteiger partial charge in [0, 0.05) is 12.7 Å². The maximum atomic E-state index is 11.5. The zero-order valence-corrected chi connectivity index (χ0v) is 8.09. The summed E-state index contributed by atoms with van der Waals surface area (Å²) in [5.41, 5.74) is 2.18. The van der Waals surface area contributed by atoms with Gasteiger partial charge in [-0.25, -0.2) is 0 Å². The van der Waals surface area contributed by atoms with Crippen molar-refractivity contribution in [3.63, 3.8) is 0 Å². The van der Waals surface area contributed by atoms with Crippen LogP contribution in [0, 0.1) is 5.92 Å². The highest BCUT2D eigenvalue weighted by molar-refractivity contribution is 5.82. The molecular weight excluding hydrogens is 150 g/mol. The van der Waals surface area contributed by atoms with Gasteiger partial charge >= 0.3 is 0 Å². The summed E-state index contributed by atoms with van der Waals surface area (Å²) in [6.07, 6.45) is 4.02. The molecule has 0 saturated carbocycles. The van der Waals surface area contributed by atoms with E-state index in [0.717, 1.165) is 11.3 Å². The standard InChI is InChI=1S/C10H15NO/c1-7-5-8(2)10(12)11(4)9(3)6-7/h5-6,8H,1-4H3/t8-/m0/s1. The minimum Gasteiger partial charge on any atom is -0.319 e. The van der Waals surface area contributed by atoms with Gasteiger partial charge < -0.3 is 4.90 Å². The SMILES string of the molecule is CC1=C[C@H](C)C(=O)N(C)C(C)=C1. The summed E-state index contributed by atoms with van der Waals surface area (Å²) in [7, 11) is 1.82. The molecule has 2 nitrogen and oxygen atoms in total. The molecule has 1 rings (SSSR count). The zero-order chi connectivity index (χ0) is 9.30. The highest BCUT2D eigenvalue weighted by Crippen LogP contribution is 2.17. The fourth-order valence-electron chi connectivity index (χ4n) is 1.42. The first-order valence-electron chi connectivity index (χ1n) is 4.16. The van der Waals surface area contributed by atoms with Crippen molar-refractivity contribution in [3.8, 4) is 0 Å². The van der Waals surface area contributed by atoms with Gasteiger partial charge in [-0.3, -0.25) is 4.79 Å². The Morgan fingerprint density at radius 1 is 1.42 bits per heavy atom. The second-order valence-electron chi connectivity index (χ2n) is 3.38. The minimum atomic E-state index is 0.00343. The predicted octanol–water partition coefficient (Wildman–Crippen LogP) is 1.94. The Hall–Kier alpha value is -1.05. The largest absolute Gasteiger partial charge is 0.319 e. The zero-order valence-electron chi connectivity index (χ0n) is 8.09. The van der Waals surface area contributed by atoms with Gasteiger partial charge in [-0.1, -0.05) is 18.6 Å². The van der Waals surface area contributed by atoms with Gasteiger partial charge in [0.2, 0.25) is 5.91 Å². The second-order valence-corrected chi connectivity index (χ2v) is 3.38. The molecule has 0 bridgehead atoms. The average Bonchev–Trinajstić information content (AvgIpc) is 2.05. The molecular formula is C10H15NO. The molecule has 0 saturated heterocycles. The maximum absolute atomic E-state index is 11.5. The van der Waals surface area contributed by atoms with Crippen molar-refractivity contribution in [2.24, 2.45) is 5.92 Å². The summed E-state index contributed by atoms with van der Waals surface area (Å²) < 4.78 is 0. The van der Waals surface area contributed by atoms with E-state index in [9.17, 15) is 4.79 Å². The minimum absolute atomic E-state index is 0.00343. The highest BCUT2D eigenvalue weighted by Gasteiger charge is 2.18. The Kier molecular flexibility index (Phi) is 2.36. The number of carbonyl (C=O) groups excluding carboxylic acids is 1. The van der Waals surface area contributed by atoms with E-state index in [1.54, 1.807) is 4.90 Å². The van der Waals surface area contributed by atoms with Gasteiger partial charge in [-0.15, -0.1) is 0 Å². The third kappa shape index (κ3) is 1.58. The lowest BCUT2D eigenvalue weighted by Crippen LogP contribution is -2.28. The van der Waals surface area contributed by atoms with Crippen molar-refractivity contribution < 1.29 is 4.79 Å². The van der Waals surface area contributed by atoms with Gasteiger partial charge in [0.05, 0.1) is 5.92 Å². The predicted molar refractivity (Wildman–Crippen MR) is 49.4 cm³/mol. The summed E-state index contributed by atoms with van der Waals surface area (Å²) in [4.78, 5) is 13.2. The number of nitrogens with zero attached hydrogens (tertiary/aromatic N) is 1. The van der Waals surface area contributed by atoms with Crippen LogP contribution >= 0.6 is 0 Å². The van der Waals surface area contributed by atoms with E-state index >= 15 is 0 Å². The van der Waals surface area contributed by atoms with Gasteiger partial charge in [-0.05, 0) is 19.9 Å². The summed E-state index contributed by atoms with van der Waals surface area (Å²) >= 11 is 0. The number of rotatable bonds is 0. The molecule has 66 valence electrons. The molecule has 2 heteroatoms. The first-order valence-corrected chi connectivity index (χ1v) is 4.16. The van der Waals surface area contributed by atoms with Crippen LogP contribution < -0.4 is 0 Å². The molecule has 1 amide bonds. The molecule has 1 aliphatic rings. The van der Waals surface area contributed by atoms with Crippen LogP contribution in [0.4, 0.5) is 0 Å². The fourth-order valence-corrected chi connectivity index (χ4v) is 1.42. The number of allylic oxidation sites excluding steroid dienone is 3. The molecule has 0 fully saturated rings. The molecule has 0 spiro atoms.